The van der Waals surface area contributed by atoms with Gasteiger partial charge in [-0.15, -0.1) is 0 Å². The normalized spacial score (nSPS) is 10.8. The van der Waals surface area contributed by atoms with Gasteiger partial charge in [-0.2, -0.15) is 0 Å². The van der Waals surface area contributed by atoms with Crippen LogP contribution in [-0.4, -0.2) is 9.97 Å². The monoisotopic (exact) mass is 266 g/mol. The first-order valence-electron chi connectivity index (χ1n) is 4.81. The smallest absolute Gasteiger partial charge is 0.251 e. The van der Waals surface area contributed by atoms with Crippen molar-refractivity contribution in [2.45, 2.75) is 18.7 Å². The van der Waals surface area contributed by atoms with E-state index in [2.05, 4.69) is 25.9 Å². The number of pyridine rings is 2. The maximum Gasteiger partial charge on any atom is 0.251 e. The van der Waals surface area contributed by atoms with Gasteiger partial charge in [-0.1, -0.05) is 22.9 Å². The van der Waals surface area contributed by atoms with Gasteiger partial charge in [0.2, 0.25) is 0 Å². The number of aromatic nitrogens is 2. The van der Waals surface area contributed by atoms with Crippen LogP contribution in [0.1, 0.15) is 18.2 Å². The molecule has 0 fully saturated rings. The molecule has 0 aliphatic carbocycles. The van der Waals surface area contributed by atoms with Crippen molar-refractivity contribution in [1.29, 1.82) is 0 Å². The summed E-state index contributed by atoms with van der Waals surface area (Å²) in [4.78, 5) is 18.7. The van der Waals surface area contributed by atoms with Crippen molar-refractivity contribution in [2.75, 3.05) is 0 Å². The third kappa shape index (κ3) is 1.95. The molecule has 2 aromatic heterocycles. The molecule has 0 saturated carbocycles. The fourth-order valence-corrected chi connectivity index (χ4v) is 1.83. The molecule has 1 N–H and O–H groups in total. The average Bonchev–Trinajstić information content (AvgIpc) is 2.27. The van der Waals surface area contributed by atoms with Gasteiger partial charge >= 0.3 is 0 Å². The lowest BCUT2D eigenvalue weighted by atomic mass is 10.1. The number of hydrogen-bond donors (Lipinski definition) is 1. The zero-order chi connectivity index (χ0) is 10.8. The molecular formula is C11H11BrN2O. The molecule has 0 radical (unpaired) electrons. The van der Waals surface area contributed by atoms with Gasteiger partial charge in [0.25, 0.3) is 5.56 Å². The number of nitrogens with zero attached hydrogens (tertiary/aromatic N) is 1. The highest BCUT2D eigenvalue weighted by Gasteiger charge is 2.02. The van der Waals surface area contributed by atoms with Crippen LogP contribution in [0.2, 0.25) is 0 Å². The van der Waals surface area contributed by atoms with Crippen LogP contribution in [0, 0.1) is 0 Å². The summed E-state index contributed by atoms with van der Waals surface area (Å²) in [7, 11) is 0. The molecule has 78 valence electrons. The second-order valence-electron chi connectivity index (χ2n) is 3.37. The quantitative estimate of drug-likeness (QED) is 0.849. The van der Waals surface area contributed by atoms with Crippen LogP contribution < -0.4 is 5.56 Å². The fraction of sp³-hybridized carbons (Fsp3) is 0.273. The van der Waals surface area contributed by atoms with E-state index in [9.17, 15) is 4.79 Å². The number of aromatic amines is 1. The minimum Gasteiger partial charge on any atom is -0.322 e. The highest BCUT2D eigenvalue weighted by Crippen LogP contribution is 2.12. The van der Waals surface area contributed by atoms with E-state index in [0.29, 0.717) is 5.33 Å². The third-order valence-electron chi connectivity index (χ3n) is 2.38. The van der Waals surface area contributed by atoms with E-state index in [4.69, 9.17) is 0 Å². The maximum atomic E-state index is 11.6. The number of aryl methyl sites for hydroxylation is 1. The van der Waals surface area contributed by atoms with Gasteiger partial charge in [-0.05, 0) is 18.6 Å². The van der Waals surface area contributed by atoms with E-state index in [0.717, 1.165) is 28.6 Å². The van der Waals surface area contributed by atoms with Crippen molar-refractivity contribution in [1.82, 2.24) is 9.97 Å². The van der Waals surface area contributed by atoms with E-state index in [-0.39, 0.29) is 5.56 Å². The fourth-order valence-electron chi connectivity index (χ4n) is 1.52. The molecule has 2 rings (SSSR count). The number of H-pyrrole nitrogens is 1. The van der Waals surface area contributed by atoms with Gasteiger partial charge in [0, 0.05) is 22.5 Å². The summed E-state index contributed by atoms with van der Waals surface area (Å²) in [5.41, 5.74) is 2.57. The van der Waals surface area contributed by atoms with Crippen LogP contribution in [0.25, 0.3) is 10.9 Å². The summed E-state index contributed by atoms with van der Waals surface area (Å²) >= 11 is 3.34. The Balaban J connectivity index is 2.70. The topological polar surface area (TPSA) is 45.8 Å². The van der Waals surface area contributed by atoms with Crippen LogP contribution in [-0.2, 0) is 11.8 Å². The van der Waals surface area contributed by atoms with E-state index in [1.807, 2.05) is 19.1 Å². The highest BCUT2D eigenvalue weighted by molar-refractivity contribution is 9.08. The molecule has 0 aliphatic heterocycles. The van der Waals surface area contributed by atoms with Crippen molar-refractivity contribution < 1.29 is 0 Å². The van der Waals surface area contributed by atoms with Gasteiger partial charge in [-0.3, -0.25) is 9.78 Å². The average molecular weight is 267 g/mol. The first-order chi connectivity index (χ1) is 7.24. The molecule has 15 heavy (non-hydrogen) atoms. The van der Waals surface area contributed by atoms with E-state index in [1.165, 1.54) is 0 Å². The Morgan fingerprint density at radius 2 is 2.27 bits per heavy atom. The molecule has 0 saturated heterocycles. The number of alkyl halides is 1. The van der Waals surface area contributed by atoms with Gasteiger partial charge in [0.15, 0.2) is 0 Å². The Kier molecular flexibility index (Phi) is 2.86. The van der Waals surface area contributed by atoms with Crippen molar-refractivity contribution in [3.05, 3.63) is 39.9 Å². The molecule has 2 aromatic rings. The molecule has 0 spiro atoms. The summed E-state index contributed by atoms with van der Waals surface area (Å²) in [5.74, 6) is 0. The first-order valence-corrected chi connectivity index (χ1v) is 5.93. The van der Waals surface area contributed by atoms with Crippen molar-refractivity contribution in [3.8, 4) is 0 Å². The molecule has 0 bridgehead atoms. The second-order valence-corrected chi connectivity index (χ2v) is 3.93. The zero-order valence-electron chi connectivity index (χ0n) is 8.38. The minimum atomic E-state index is -0.00303. The van der Waals surface area contributed by atoms with Crippen LogP contribution in [0.4, 0.5) is 0 Å². The summed E-state index contributed by atoms with van der Waals surface area (Å²) in [6.07, 6.45) is 2.53. The molecule has 0 unspecified atom stereocenters. The van der Waals surface area contributed by atoms with Crippen molar-refractivity contribution in [2.24, 2.45) is 0 Å². The van der Waals surface area contributed by atoms with E-state index in [1.54, 1.807) is 6.20 Å². The Morgan fingerprint density at radius 3 is 2.93 bits per heavy atom. The minimum absolute atomic E-state index is 0.00303. The number of fused-ring (bicyclic) bond motifs is 1. The lowest BCUT2D eigenvalue weighted by Crippen LogP contribution is -2.11. The Labute approximate surface area is 95.7 Å². The maximum absolute atomic E-state index is 11.6. The Hall–Kier alpha value is -1.16. The largest absolute Gasteiger partial charge is 0.322 e. The molecule has 4 heteroatoms. The second kappa shape index (κ2) is 4.14. The predicted molar refractivity (Wildman–Crippen MR) is 64.4 cm³/mol. The molecule has 3 nitrogen and oxygen atoms in total. The van der Waals surface area contributed by atoms with Crippen LogP contribution in [0.5, 0.6) is 0 Å². The first kappa shape index (κ1) is 10.4. The van der Waals surface area contributed by atoms with E-state index >= 15 is 0 Å². The lowest BCUT2D eigenvalue weighted by molar-refractivity contribution is 1.07. The SMILES string of the molecule is CCc1cc2cnc(CBr)cc2[nH]c1=O. The van der Waals surface area contributed by atoms with E-state index < -0.39 is 0 Å². The molecule has 0 atom stereocenters. The predicted octanol–water partition coefficient (Wildman–Crippen LogP) is 2.38. The van der Waals surface area contributed by atoms with Crippen molar-refractivity contribution in [3.63, 3.8) is 0 Å². The highest BCUT2D eigenvalue weighted by atomic mass is 79.9. The van der Waals surface area contributed by atoms with Crippen LogP contribution in [0.3, 0.4) is 0 Å². The summed E-state index contributed by atoms with van der Waals surface area (Å²) in [6, 6.07) is 3.80. The third-order valence-corrected chi connectivity index (χ3v) is 2.95. The molecule has 0 aliphatic rings. The van der Waals surface area contributed by atoms with Gasteiger partial charge in [0.1, 0.15) is 0 Å². The number of rotatable bonds is 2. The molecule has 0 aromatic carbocycles. The van der Waals surface area contributed by atoms with Gasteiger partial charge < -0.3 is 4.98 Å². The Bertz CT molecular complexity index is 548. The number of hydrogen-bond acceptors (Lipinski definition) is 2. The van der Waals surface area contributed by atoms with Crippen LogP contribution >= 0.6 is 15.9 Å². The van der Waals surface area contributed by atoms with Gasteiger partial charge in [-0.25, -0.2) is 0 Å². The number of nitrogens with one attached hydrogen (secondary N) is 1. The summed E-state index contributed by atoms with van der Waals surface area (Å²) in [6.45, 7) is 1.97. The van der Waals surface area contributed by atoms with Gasteiger partial charge in [0.05, 0.1) is 11.2 Å². The number of halogens is 1. The Morgan fingerprint density at radius 1 is 1.47 bits per heavy atom. The summed E-state index contributed by atoms with van der Waals surface area (Å²) < 4.78 is 0. The molecule has 0 amide bonds. The summed E-state index contributed by atoms with van der Waals surface area (Å²) in [5, 5.41) is 1.68. The van der Waals surface area contributed by atoms with Crippen LogP contribution in [0.15, 0.2) is 23.1 Å². The molecule has 2 heterocycles. The van der Waals surface area contributed by atoms with Crippen molar-refractivity contribution >= 4 is 26.8 Å². The zero-order valence-corrected chi connectivity index (χ0v) is 9.97. The lowest BCUT2D eigenvalue weighted by Gasteiger charge is -2.02. The standard InChI is InChI=1S/C11H11BrN2O/c1-2-7-3-8-6-13-9(5-12)4-10(8)14-11(7)15/h3-4,6H,2,5H2,1H3,(H,14,15). The molecular weight excluding hydrogens is 256 g/mol.